The number of hydrogen-bond donors (Lipinski definition) is 0. The van der Waals surface area contributed by atoms with Crippen LogP contribution in [0.4, 0.5) is 0 Å². The van der Waals surface area contributed by atoms with Gasteiger partial charge in [0.1, 0.15) is 5.78 Å². The summed E-state index contributed by atoms with van der Waals surface area (Å²) in [7, 11) is 0. The molecule has 1 nitrogen and oxygen atoms in total. The molecule has 1 aliphatic rings. The lowest BCUT2D eigenvalue weighted by Gasteiger charge is -2.38. The normalized spacial score (nSPS) is 28.3. The fraction of sp³-hybridized carbons (Fsp3) is 0.929. The number of Topliss-reactive ketones (excluding diaryl/α,β-unsaturated/α-hetero) is 1. The number of hydrogen-bond acceptors (Lipinski definition) is 1. The maximum absolute atomic E-state index is 11.7. The van der Waals surface area contributed by atoms with E-state index in [0.717, 1.165) is 19.3 Å². The van der Waals surface area contributed by atoms with Crippen LogP contribution in [0, 0.1) is 16.7 Å². The zero-order valence-electron chi connectivity index (χ0n) is 11.0. The van der Waals surface area contributed by atoms with Crippen molar-refractivity contribution in [1.82, 2.24) is 0 Å². The van der Waals surface area contributed by atoms with Crippen molar-refractivity contribution < 1.29 is 4.79 Å². The Balaban J connectivity index is 2.78. The lowest BCUT2D eigenvalue weighted by Crippen LogP contribution is -2.30. The summed E-state index contributed by atoms with van der Waals surface area (Å²) in [5.41, 5.74) is 0.683. The first-order valence-corrected chi connectivity index (χ1v) is 6.22. The molecule has 1 atom stereocenters. The number of rotatable bonds is 0. The van der Waals surface area contributed by atoms with Gasteiger partial charge in [-0.2, -0.15) is 0 Å². The van der Waals surface area contributed by atoms with Gasteiger partial charge in [-0.3, -0.25) is 4.79 Å². The largest absolute Gasteiger partial charge is 0.300 e. The summed E-state index contributed by atoms with van der Waals surface area (Å²) in [6, 6.07) is 0. The molecule has 0 aromatic heterocycles. The van der Waals surface area contributed by atoms with Crippen molar-refractivity contribution >= 4 is 5.78 Å². The Hall–Kier alpha value is -0.330. The zero-order valence-corrected chi connectivity index (χ0v) is 11.0. The Morgan fingerprint density at radius 2 is 1.87 bits per heavy atom. The second kappa shape index (κ2) is 4.27. The highest BCUT2D eigenvalue weighted by Gasteiger charge is 2.33. The summed E-state index contributed by atoms with van der Waals surface area (Å²) < 4.78 is 0. The van der Waals surface area contributed by atoms with E-state index in [1.807, 2.05) is 0 Å². The molecule has 0 bridgehead atoms. The third-order valence-corrected chi connectivity index (χ3v) is 3.81. The second-order valence-corrected chi connectivity index (χ2v) is 7.03. The zero-order chi connectivity index (χ0) is 11.7. The van der Waals surface area contributed by atoms with Crippen molar-refractivity contribution in [2.45, 2.75) is 66.7 Å². The average Bonchev–Trinajstić information content (AvgIpc) is 1.97. The fourth-order valence-corrected chi connectivity index (χ4v) is 2.59. The van der Waals surface area contributed by atoms with E-state index in [9.17, 15) is 4.79 Å². The molecular weight excluding hydrogens is 184 g/mol. The molecule has 0 spiro atoms. The first-order chi connectivity index (χ1) is 6.71. The molecule has 0 saturated heterocycles. The first-order valence-electron chi connectivity index (χ1n) is 6.22. The van der Waals surface area contributed by atoms with Crippen LogP contribution in [0.25, 0.3) is 0 Å². The van der Waals surface area contributed by atoms with Crippen LogP contribution in [-0.2, 0) is 4.79 Å². The van der Waals surface area contributed by atoms with Gasteiger partial charge in [0.2, 0.25) is 0 Å². The third kappa shape index (κ3) is 3.96. The van der Waals surface area contributed by atoms with Crippen LogP contribution in [0.3, 0.4) is 0 Å². The molecule has 1 unspecified atom stereocenters. The number of ketones is 1. The maximum atomic E-state index is 11.7. The first kappa shape index (κ1) is 12.7. The van der Waals surface area contributed by atoms with E-state index in [2.05, 4.69) is 34.6 Å². The van der Waals surface area contributed by atoms with Gasteiger partial charge in [0.25, 0.3) is 0 Å². The Morgan fingerprint density at radius 3 is 2.40 bits per heavy atom. The Labute approximate surface area is 94.6 Å². The van der Waals surface area contributed by atoms with Gasteiger partial charge in [0, 0.05) is 12.8 Å². The van der Waals surface area contributed by atoms with Gasteiger partial charge >= 0.3 is 0 Å². The minimum atomic E-state index is 0.268. The molecule has 1 heteroatoms. The highest BCUT2D eigenvalue weighted by molar-refractivity contribution is 5.78. The molecule has 88 valence electrons. The van der Waals surface area contributed by atoms with E-state index in [0.29, 0.717) is 17.1 Å². The summed E-state index contributed by atoms with van der Waals surface area (Å²) in [6.45, 7) is 11.5. The van der Waals surface area contributed by atoms with E-state index in [1.165, 1.54) is 12.8 Å². The van der Waals surface area contributed by atoms with Crippen molar-refractivity contribution in [3.8, 4) is 0 Å². The summed E-state index contributed by atoms with van der Waals surface area (Å²) in [5.74, 6) is 1.03. The molecule has 0 heterocycles. The Morgan fingerprint density at radius 1 is 1.27 bits per heavy atom. The van der Waals surface area contributed by atoms with Gasteiger partial charge < -0.3 is 0 Å². The number of carbonyl (C=O) groups is 1. The molecule has 0 aromatic carbocycles. The fourth-order valence-electron chi connectivity index (χ4n) is 2.59. The predicted molar refractivity (Wildman–Crippen MR) is 64.8 cm³/mol. The highest BCUT2D eigenvalue weighted by Crippen LogP contribution is 2.42. The molecule has 0 amide bonds. The van der Waals surface area contributed by atoms with Crippen molar-refractivity contribution in [3.05, 3.63) is 0 Å². The van der Waals surface area contributed by atoms with Crippen LogP contribution >= 0.6 is 0 Å². The Bertz CT molecular complexity index is 232. The lowest BCUT2D eigenvalue weighted by atomic mass is 9.66. The molecule has 1 rings (SSSR count). The van der Waals surface area contributed by atoms with E-state index < -0.39 is 0 Å². The maximum Gasteiger partial charge on any atom is 0.133 e. The molecule has 1 saturated carbocycles. The van der Waals surface area contributed by atoms with E-state index >= 15 is 0 Å². The van der Waals surface area contributed by atoms with Crippen LogP contribution < -0.4 is 0 Å². The summed E-state index contributed by atoms with van der Waals surface area (Å²) >= 11 is 0. The average molecular weight is 210 g/mol. The van der Waals surface area contributed by atoms with Crippen molar-refractivity contribution in [1.29, 1.82) is 0 Å². The lowest BCUT2D eigenvalue weighted by molar-refractivity contribution is -0.122. The summed E-state index contributed by atoms with van der Waals surface area (Å²) in [4.78, 5) is 11.7. The van der Waals surface area contributed by atoms with Crippen LogP contribution in [0.15, 0.2) is 0 Å². The molecule has 0 aliphatic heterocycles. The highest BCUT2D eigenvalue weighted by atomic mass is 16.1. The molecule has 1 fully saturated rings. The SMILES string of the molecule is CC1(C)CCCC(=O)CC(C(C)(C)C)C1. The standard InChI is InChI=1S/C14H26O/c1-13(2,3)11-9-12(15)7-6-8-14(4,5)10-11/h11H,6-10H2,1-5H3. The van der Waals surface area contributed by atoms with Gasteiger partial charge in [-0.1, -0.05) is 34.6 Å². The van der Waals surface area contributed by atoms with Gasteiger partial charge in [-0.05, 0) is 36.0 Å². The van der Waals surface area contributed by atoms with E-state index in [4.69, 9.17) is 0 Å². The van der Waals surface area contributed by atoms with Crippen molar-refractivity contribution in [2.75, 3.05) is 0 Å². The van der Waals surface area contributed by atoms with Crippen molar-refractivity contribution in [2.24, 2.45) is 16.7 Å². The van der Waals surface area contributed by atoms with Gasteiger partial charge in [0.15, 0.2) is 0 Å². The molecule has 0 radical (unpaired) electrons. The third-order valence-electron chi connectivity index (χ3n) is 3.81. The van der Waals surface area contributed by atoms with E-state index in [-0.39, 0.29) is 5.41 Å². The quantitative estimate of drug-likeness (QED) is 0.585. The smallest absolute Gasteiger partial charge is 0.133 e. The van der Waals surface area contributed by atoms with Gasteiger partial charge in [-0.25, -0.2) is 0 Å². The summed E-state index contributed by atoms with van der Waals surface area (Å²) in [6.07, 6.45) is 5.08. The van der Waals surface area contributed by atoms with Crippen LogP contribution in [-0.4, -0.2) is 5.78 Å². The van der Waals surface area contributed by atoms with Crippen LogP contribution in [0.1, 0.15) is 66.7 Å². The topological polar surface area (TPSA) is 17.1 Å². The summed E-state index contributed by atoms with van der Waals surface area (Å²) in [5, 5.41) is 0. The van der Waals surface area contributed by atoms with Gasteiger partial charge in [-0.15, -0.1) is 0 Å². The van der Waals surface area contributed by atoms with Gasteiger partial charge in [0.05, 0.1) is 0 Å². The molecule has 0 N–H and O–H groups in total. The minimum Gasteiger partial charge on any atom is -0.300 e. The van der Waals surface area contributed by atoms with Crippen LogP contribution in [0.5, 0.6) is 0 Å². The molecule has 15 heavy (non-hydrogen) atoms. The molecule has 0 aromatic rings. The molecular formula is C14H26O. The molecule has 1 aliphatic carbocycles. The predicted octanol–water partition coefficient (Wildman–Crippen LogP) is 4.21. The van der Waals surface area contributed by atoms with Crippen molar-refractivity contribution in [3.63, 3.8) is 0 Å². The number of carbonyl (C=O) groups excluding carboxylic acids is 1. The minimum absolute atomic E-state index is 0.268. The van der Waals surface area contributed by atoms with E-state index in [1.54, 1.807) is 0 Å². The second-order valence-electron chi connectivity index (χ2n) is 7.03. The Kier molecular flexibility index (Phi) is 3.63. The van der Waals surface area contributed by atoms with Crippen LogP contribution in [0.2, 0.25) is 0 Å². The monoisotopic (exact) mass is 210 g/mol.